The van der Waals surface area contributed by atoms with Crippen LogP contribution in [0.1, 0.15) is 45.2 Å². The summed E-state index contributed by atoms with van der Waals surface area (Å²) in [6, 6.07) is 0.598. The average Bonchev–Trinajstić information content (AvgIpc) is 2.64. The van der Waals surface area contributed by atoms with Crippen LogP contribution < -0.4 is 10.6 Å². The summed E-state index contributed by atoms with van der Waals surface area (Å²) in [6.45, 7) is 4.46. The molecular formula is C14H26N4. The molecule has 1 aromatic rings. The first-order chi connectivity index (χ1) is 8.56. The van der Waals surface area contributed by atoms with E-state index in [4.69, 9.17) is 5.73 Å². The van der Waals surface area contributed by atoms with Gasteiger partial charge in [0, 0.05) is 20.1 Å². The Morgan fingerprint density at radius 1 is 1.39 bits per heavy atom. The van der Waals surface area contributed by atoms with Gasteiger partial charge in [-0.3, -0.25) is 4.68 Å². The highest BCUT2D eigenvalue weighted by atomic mass is 15.4. The number of rotatable bonds is 3. The number of aryl methyl sites for hydroxylation is 2. The van der Waals surface area contributed by atoms with Gasteiger partial charge in [0.05, 0.1) is 11.4 Å². The van der Waals surface area contributed by atoms with Gasteiger partial charge in [-0.25, -0.2) is 0 Å². The van der Waals surface area contributed by atoms with E-state index in [9.17, 15) is 0 Å². The Morgan fingerprint density at radius 2 is 2.06 bits per heavy atom. The third-order valence-corrected chi connectivity index (χ3v) is 4.36. The lowest BCUT2D eigenvalue weighted by atomic mass is 9.85. The van der Waals surface area contributed by atoms with Gasteiger partial charge in [0.2, 0.25) is 0 Å². The first-order valence-corrected chi connectivity index (χ1v) is 7.10. The fourth-order valence-electron chi connectivity index (χ4n) is 3.29. The molecule has 102 valence electrons. The van der Waals surface area contributed by atoms with Crippen molar-refractivity contribution in [2.45, 2.75) is 52.0 Å². The van der Waals surface area contributed by atoms with Gasteiger partial charge in [0.25, 0.3) is 0 Å². The lowest BCUT2D eigenvalue weighted by molar-refractivity contribution is 0.319. The monoisotopic (exact) mass is 250 g/mol. The molecule has 2 atom stereocenters. The molecule has 1 aliphatic carbocycles. The molecule has 1 aromatic heterocycles. The maximum Gasteiger partial charge on any atom is 0.150 e. The van der Waals surface area contributed by atoms with Crippen molar-refractivity contribution in [1.82, 2.24) is 9.78 Å². The quantitative estimate of drug-likeness (QED) is 0.897. The largest absolute Gasteiger partial charge is 0.394 e. The van der Waals surface area contributed by atoms with E-state index in [-0.39, 0.29) is 0 Å². The maximum absolute atomic E-state index is 6.24. The molecule has 4 nitrogen and oxygen atoms in total. The molecule has 2 unspecified atom stereocenters. The number of aromatic nitrogens is 2. The summed E-state index contributed by atoms with van der Waals surface area (Å²) in [5, 5.41) is 4.52. The Balaban J connectivity index is 2.27. The molecule has 2 rings (SSSR count). The minimum Gasteiger partial charge on any atom is -0.394 e. The van der Waals surface area contributed by atoms with E-state index < -0.39 is 0 Å². The van der Waals surface area contributed by atoms with Crippen LogP contribution in [0.25, 0.3) is 0 Å². The van der Waals surface area contributed by atoms with Gasteiger partial charge in [-0.05, 0) is 25.2 Å². The van der Waals surface area contributed by atoms with Gasteiger partial charge in [-0.1, -0.05) is 26.7 Å². The second-order valence-electron chi connectivity index (χ2n) is 5.60. The normalized spacial score (nSPS) is 24.2. The van der Waals surface area contributed by atoms with Crippen molar-refractivity contribution >= 4 is 11.5 Å². The summed E-state index contributed by atoms with van der Waals surface area (Å²) in [7, 11) is 4.16. The lowest BCUT2D eigenvalue weighted by Crippen LogP contribution is -2.40. The van der Waals surface area contributed by atoms with E-state index in [0.717, 1.165) is 29.5 Å². The Bertz CT molecular complexity index is 410. The molecule has 0 radical (unpaired) electrons. The van der Waals surface area contributed by atoms with Gasteiger partial charge in [0.1, 0.15) is 5.82 Å². The zero-order chi connectivity index (χ0) is 13.3. The number of anilines is 2. The van der Waals surface area contributed by atoms with Crippen LogP contribution in [0.4, 0.5) is 11.5 Å². The van der Waals surface area contributed by atoms with Crippen LogP contribution in [-0.4, -0.2) is 22.9 Å². The third-order valence-electron chi connectivity index (χ3n) is 4.36. The highest BCUT2D eigenvalue weighted by Crippen LogP contribution is 2.34. The lowest BCUT2D eigenvalue weighted by Gasteiger charge is -2.37. The zero-order valence-corrected chi connectivity index (χ0v) is 12.1. The van der Waals surface area contributed by atoms with E-state index >= 15 is 0 Å². The van der Waals surface area contributed by atoms with Crippen molar-refractivity contribution in [3.8, 4) is 0 Å². The molecule has 0 amide bonds. The molecule has 4 heteroatoms. The predicted octanol–water partition coefficient (Wildman–Crippen LogP) is 2.58. The predicted molar refractivity (Wildman–Crippen MR) is 76.8 cm³/mol. The molecule has 18 heavy (non-hydrogen) atoms. The highest BCUT2D eigenvalue weighted by molar-refractivity contribution is 5.66. The molecule has 0 bridgehead atoms. The molecule has 1 fully saturated rings. The van der Waals surface area contributed by atoms with Gasteiger partial charge >= 0.3 is 0 Å². The second-order valence-corrected chi connectivity index (χ2v) is 5.60. The number of hydrogen-bond acceptors (Lipinski definition) is 3. The molecule has 0 saturated heterocycles. The summed E-state index contributed by atoms with van der Waals surface area (Å²) >= 11 is 0. The number of hydrogen-bond donors (Lipinski definition) is 1. The van der Waals surface area contributed by atoms with Gasteiger partial charge in [-0.2, -0.15) is 5.10 Å². The fraction of sp³-hybridized carbons (Fsp3) is 0.786. The van der Waals surface area contributed by atoms with E-state index in [0.29, 0.717) is 6.04 Å². The van der Waals surface area contributed by atoms with Crippen molar-refractivity contribution in [2.75, 3.05) is 17.7 Å². The Kier molecular flexibility index (Phi) is 3.83. The first kappa shape index (κ1) is 13.2. The van der Waals surface area contributed by atoms with Crippen LogP contribution in [0, 0.1) is 5.92 Å². The summed E-state index contributed by atoms with van der Waals surface area (Å²) < 4.78 is 1.94. The molecule has 0 aliphatic heterocycles. The summed E-state index contributed by atoms with van der Waals surface area (Å²) in [4.78, 5) is 2.35. The molecular weight excluding hydrogens is 224 g/mol. The van der Waals surface area contributed by atoms with Gasteiger partial charge in [-0.15, -0.1) is 0 Å². The number of nitrogen functional groups attached to an aromatic ring is 1. The average molecular weight is 250 g/mol. The van der Waals surface area contributed by atoms with Gasteiger partial charge < -0.3 is 10.6 Å². The second kappa shape index (κ2) is 5.21. The minimum atomic E-state index is 0.598. The SMILES string of the molecule is CCc1nn(C)c(N(C)C2CCCCC2C)c1N. The Labute approximate surface area is 110 Å². The summed E-state index contributed by atoms with van der Waals surface area (Å²) in [6.07, 6.45) is 6.19. The Hall–Kier alpha value is -1.19. The molecule has 1 aliphatic rings. The van der Waals surface area contributed by atoms with Crippen LogP contribution >= 0.6 is 0 Å². The van der Waals surface area contributed by atoms with Crippen LogP contribution in [0.5, 0.6) is 0 Å². The van der Waals surface area contributed by atoms with Crippen LogP contribution in [0.3, 0.4) is 0 Å². The summed E-state index contributed by atoms with van der Waals surface area (Å²) in [5.74, 6) is 1.83. The van der Waals surface area contributed by atoms with Crippen molar-refractivity contribution in [2.24, 2.45) is 13.0 Å². The number of nitrogens with zero attached hydrogens (tertiary/aromatic N) is 3. The van der Waals surface area contributed by atoms with Gasteiger partial charge in [0.15, 0.2) is 0 Å². The van der Waals surface area contributed by atoms with Crippen molar-refractivity contribution in [3.63, 3.8) is 0 Å². The van der Waals surface area contributed by atoms with E-state index in [1.807, 2.05) is 11.7 Å². The molecule has 2 N–H and O–H groups in total. The third kappa shape index (κ3) is 2.20. The topological polar surface area (TPSA) is 47.1 Å². The smallest absolute Gasteiger partial charge is 0.150 e. The highest BCUT2D eigenvalue weighted by Gasteiger charge is 2.28. The van der Waals surface area contributed by atoms with Crippen molar-refractivity contribution < 1.29 is 0 Å². The first-order valence-electron chi connectivity index (χ1n) is 7.10. The van der Waals surface area contributed by atoms with E-state index in [2.05, 4.69) is 30.9 Å². The summed E-state index contributed by atoms with van der Waals surface area (Å²) in [5.41, 5.74) is 8.12. The Morgan fingerprint density at radius 3 is 2.61 bits per heavy atom. The van der Waals surface area contributed by atoms with Crippen LogP contribution in [0.2, 0.25) is 0 Å². The zero-order valence-electron chi connectivity index (χ0n) is 12.1. The molecule has 0 aromatic carbocycles. The molecule has 0 spiro atoms. The van der Waals surface area contributed by atoms with Crippen molar-refractivity contribution in [3.05, 3.63) is 5.69 Å². The number of nitrogens with two attached hydrogens (primary N) is 1. The van der Waals surface area contributed by atoms with E-state index in [1.165, 1.54) is 25.7 Å². The molecule has 1 saturated carbocycles. The van der Waals surface area contributed by atoms with Crippen LogP contribution in [-0.2, 0) is 13.5 Å². The minimum absolute atomic E-state index is 0.598. The maximum atomic E-state index is 6.24. The standard InChI is InChI=1S/C14H26N4/c1-5-11-13(15)14(18(4)16-11)17(3)12-9-7-6-8-10(12)2/h10,12H,5-9,15H2,1-4H3. The van der Waals surface area contributed by atoms with Crippen LogP contribution in [0.15, 0.2) is 0 Å². The fourth-order valence-corrected chi connectivity index (χ4v) is 3.29. The van der Waals surface area contributed by atoms with E-state index in [1.54, 1.807) is 0 Å². The van der Waals surface area contributed by atoms with Crippen molar-refractivity contribution in [1.29, 1.82) is 0 Å². The molecule has 1 heterocycles.